The molecule has 2 aliphatic rings. The van der Waals surface area contributed by atoms with Gasteiger partial charge in [0.05, 0.1) is 11.8 Å². The summed E-state index contributed by atoms with van der Waals surface area (Å²) in [5.41, 5.74) is 1.87. The van der Waals surface area contributed by atoms with Crippen molar-refractivity contribution in [2.75, 3.05) is 11.9 Å². The van der Waals surface area contributed by atoms with E-state index in [2.05, 4.69) is 28.2 Å². The van der Waals surface area contributed by atoms with E-state index in [1.165, 1.54) is 6.42 Å². The average molecular weight is 393 g/mol. The van der Waals surface area contributed by atoms with Gasteiger partial charge >= 0.3 is 0 Å². The highest BCUT2D eigenvalue weighted by Crippen LogP contribution is 2.42. The van der Waals surface area contributed by atoms with E-state index < -0.39 is 0 Å². The second kappa shape index (κ2) is 7.26. The second-order valence-electron chi connectivity index (χ2n) is 6.99. The Balaban J connectivity index is 1.58. The van der Waals surface area contributed by atoms with Crippen LogP contribution in [0.5, 0.6) is 0 Å². The van der Waals surface area contributed by atoms with Gasteiger partial charge in [-0.15, -0.1) is 0 Å². The number of carbonyl (C=O) groups excluding carboxylic acids is 2. The first-order valence-electron chi connectivity index (χ1n) is 8.88. The Labute approximate surface area is 152 Å². The van der Waals surface area contributed by atoms with Crippen molar-refractivity contribution in [1.82, 2.24) is 4.90 Å². The fourth-order valence-corrected chi connectivity index (χ4v) is 3.89. The summed E-state index contributed by atoms with van der Waals surface area (Å²) in [4.78, 5) is 27.2. The van der Waals surface area contributed by atoms with E-state index in [4.69, 9.17) is 0 Å². The molecule has 24 heavy (non-hydrogen) atoms. The lowest BCUT2D eigenvalue weighted by atomic mass is 9.99. The molecule has 4 nitrogen and oxygen atoms in total. The lowest BCUT2D eigenvalue weighted by Gasteiger charge is -2.35. The second-order valence-corrected chi connectivity index (χ2v) is 7.85. The number of hydrogen-bond acceptors (Lipinski definition) is 2. The van der Waals surface area contributed by atoms with Gasteiger partial charge in [-0.2, -0.15) is 0 Å². The van der Waals surface area contributed by atoms with E-state index in [1.54, 1.807) is 0 Å². The first-order valence-corrected chi connectivity index (χ1v) is 9.68. The van der Waals surface area contributed by atoms with Crippen LogP contribution in [-0.2, 0) is 9.59 Å². The lowest BCUT2D eigenvalue weighted by molar-refractivity contribution is -0.137. The summed E-state index contributed by atoms with van der Waals surface area (Å²) in [5.74, 6) is -0.122. The molecule has 130 valence electrons. The van der Waals surface area contributed by atoms with Crippen LogP contribution in [0.4, 0.5) is 5.69 Å². The Bertz CT molecular complexity index is 646. The van der Waals surface area contributed by atoms with Crippen LogP contribution in [0.2, 0.25) is 0 Å². The van der Waals surface area contributed by atoms with Crippen molar-refractivity contribution in [2.24, 2.45) is 11.8 Å². The Morgan fingerprint density at radius 1 is 1.29 bits per heavy atom. The van der Waals surface area contributed by atoms with Gasteiger partial charge < -0.3 is 10.2 Å². The monoisotopic (exact) mass is 392 g/mol. The maximum absolute atomic E-state index is 12.7. The van der Waals surface area contributed by atoms with Crippen LogP contribution in [0.3, 0.4) is 0 Å². The highest BCUT2D eigenvalue weighted by molar-refractivity contribution is 9.10. The largest absolute Gasteiger partial charge is 0.339 e. The summed E-state index contributed by atoms with van der Waals surface area (Å²) >= 11 is 3.46. The molecule has 3 unspecified atom stereocenters. The quantitative estimate of drug-likeness (QED) is 0.837. The lowest BCUT2D eigenvalue weighted by Crippen LogP contribution is -2.44. The predicted octanol–water partition coefficient (Wildman–Crippen LogP) is 4.12. The minimum Gasteiger partial charge on any atom is -0.339 e. The van der Waals surface area contributed by atoms with Gasteiger partial charge in [-0.05, 0) is 62.8 Å². The number of hydrogen-bond donors (Lipinski definition) is 1. The average Bonchev–Trinajstić information content (AvgIpc) is 3.38. The van der Waals surface area contributed by atoms with E-state index in [0.717, 1.165) is 41.5 Å². The van der Waals surface area contributed by atoms with Gasteiger partial charge in [0.2, 0.25) is 11.8 Å². The zero-order valence-corrected chi connectivity index (χ0v) is 15.9. The molecule has 1 aliphatic carbocycles. The molecule has 2 fully saturated rings. The highest BCUT2D eigenvalue weighted by atomic mass is 79.9. The minimum atomic E-state index is -0.166. The van der Waals surface area contributed by atoms with Crippen molar-refractivity contribution in [3.8, 4) is 0 Å². The maximum Gasteiger partial charge on any atom is 0.228 e. The first-order chi connectivity index (χ1) is 11.5. The molecule has 1 heterocycles. The SMILES string of the molecule is CCC1CCCCN1C(=O)C1CC1C(=O)Nc1ccc(Br)c(C)c1. The van der Waals surface area contributed by atoms with Crippen LogP contribution in [0.1, 0.15) is 44.6 Å². The number of benzene rings is 1. The normalized spacial score (nSPS) is 26.1. The third kappa shape index (κ3) is 3.66. The number of nitrogens with one attached hydrogen (secondary N) is 1. The Kier molecular flexibility index (Phi) is 5.28. The number of likely N-dealkylation sites (tertiary alicyclic amines) is 1. The number of piperidine rings is 1. The molecule has 1 saturated heterocycles. The van der Waals surface area contributed by atoms with Gasteiger partial charge in [0.1, 0.15) is 0 Å². The number of carbonyl (C=O) groups is 2. The van der Waals surface area contributed by atoms with Gasteiger partial charge in [0, 0.05) is 22.7 Å². The summed E-state index contributed by atoms with van der Waals surface area (Å²) < 4.78 is 1.02. The zero-order valence-electron chi connectivity index (χ0n) is 14.3. The molecule has 1 saturated carbocycles. The van der Waals surface area contributed by atoms with Crippen molar-refractivity contribution in [2.45, 2.75) is 52.0 Å². The van der Waals surface area contributed by atoms with Crippen LogP contribution < -0.4 is 5.32 Å². The Morgan fingerprint density at radius 2 is 2.08 bits per heavy atom. The van der Waals surface area contributed by atoms with E-state index in [9.17, 15) is 9.59 Å². The topological polar surface area (TPSA) is 49.4 Å². The van der Waals surface area contributed by atoms with Crippen molar-refractivity contribution < 1.29 is 9.59 Å². The number of anilines is 1. The van der Waals surface area contributed by atoms with Gasteiger partial charge in [-0.25, -0.2) is 0 Å². The van der Waals surface area contributed by atoms with E-state index in [-0.39, 0.29) is 23.7 Å². The summed E-state index contributed by atoms with van der Waals surface area (Å²) in [7, 11) is 0. The van der Waals surface area contributed by atoms with Crippen LogP contribution in [0.25, 0.3) is 0 Å². The first kappa shape index (κ1) is 17.5. The number of amides is 2. The Morgan fingerprint density at radius 3 is 2.79 bits per heavy atom. The molecule has 0 aromatic heterocycles. The summed E-state index contributed by atoms with van der Waals surface area (Å²) in [6, 6.07) is 6.12. The molecule has 3 atom stereocenters. The third-order valence-corrected chi connectivity index (χ3v) is 6.14. The van der Waals surface area contributed by atoms with E-state index in [1.807, 2.05) is 30.0 Å². The number of aryl methyl sites for hydroxylation is 1. The summed E-state index contributed by atoms with van der Waals surface area (Å²) in [6.07, 6.45) is 5.09. The van der Waals surface area contributed by atoms with Gasteiger partial charge in [-0.3, -0.25) is 9.59 Å². The standard InChI is InChI=1S/C19H25BrN2O2/c1-3-14-6-4-5-9-22(14)19(24)16-11-15(16)18(23)21-13-7-8-17(20)12(2)10-13/h7-8,10,14-16H,3-6,9,11H2,1-2H3,(H,21,23). The van der Waals surface area contributed by atoms with E-state index in [0.29, 0.717) is 12.5 Å². The van der Waals surface area contributed by atoms with Crippen molar-refractivity contribution in [3.05, 3.63) is 28.2 Å². The van der Waals surface area contributed by atoms with Gasteiger partial charge in [-0.1, -0.05) is 22.9 Å². The number of rotatable bonds is 4. The summed E-state index contributed by atoms with van der Waals surface area (Å²) in [6.45, 7) is 4.99. The smallest absolute Gasteiger partial charge is 0.228 e. The van der Waals surface area contributed by atoms with Gasteiger partial charge in [0.15, 0.2) is 0 Å². The van der Waals surface area contributed by atoms with Crippen molar-refractivity contribution in [1.29, 1.82) is 0 Å². The molecule has 1 aromatic rings. The molecule has 1 aromatic carbocycles. The third-order valence-electron chi connectivity index (χ3n) is 5.25. The summed E-state index contributed by atoms with van der Waals surface area (Å²) in [5, 5.41) is 2.95. The molecule has 5 heteroatoms. The van der Waals surface area contributed by atoms with Crippen LogP contribution in [0, 0.1) is 18.8 Å². The number of halogens is 1. The van der Waals surface area contributed by atoms with Crippen LogP contribution in [0.15, 0.2) is 22.7 Å². The zero-order chi connectivity index (χ0) is 17.3. The molecular weight excluding hydrogens is 368 g/mol. The molecule has 0 spiro atoms. The molecular formula is C19H25BrN2O2. The molecule has 1 N–H and O–H groups in total. The highest BCUT2D eigenvalue weighted by Gasteiger charge is 2.50. The van der Waals surface area contributed by atoms with Crippen LogP contribution >= 0.6 is 15.9 Å². The van der Waals surface area contributed by atoms with E-state index >= 15 is 0 Å². The number of nitrogens with zero attached hydrogens (tertiary/aromatic N) is 1. The molecule has 3 rings (SSSR count). The van der Waals surface area contributed by atoms with Crippen molar-refractivity contribution >= 4 is 33.4 Å². The van der Waals surface area contributed by atoms with Gasteiger partial charge in [0.25, 0.3) is 0 Å². The fraction of sp³-hybridized carbons (Fsp3) is 0.579. The molecule has 1 aliphatic heterocycles. The van der Waals surface area contributed by atoms with Crippen LogP contribution in [-0.4, -0.2) is 29.3 Å². The molecule has 2 amide bonds. The molecule has 0 bridgehead atoms. The minimum absolute atomic E-state index is 0.0277. The van der Waals surface area contributed by atoms with Crippen molar-refractivity contribution in [3.63, 3.8) is 0 Å². The molecule has 0 radical (unpaired) electrons. The predicted molar refractivity (Wildman–Crippen MR) is 98.7 cm³/mol. The fourth-order valence-electron chi connectivity index (χ4n) is 3.64. The Hall–Kier alpha value is -1.36. The maximum atomic E-state index is 12.7.